The average molecular weight is 317 g/mol. The fraction of sp³-hybridized carbons (Fsp3) is 0.235. The molecule has 22 heavy (non-hydrogen) atoms. The number of hydrogen-bond donors (Lipinski definition) is 1. The maximum Gasteiger partial charge on any atom is 0.235 e. The Kier molecular flexibility index (Phi) is 5.33. The van der Waals surface area contributed by atoms with Crippen molar-refractivity contribution in [2.75, 3.05) is 5.75 Å². The molecular formula is C17H19NO3S. The van der Waals surface area contributed by atoms with E-state index in [0.29, 0.717) is 5.56 Å². The van der Waals surface area contributed by atoms with Gasteiger partial charge in [-0.05, 0) is 18.1 Å². The van der Waals surface area contributed by atoms with E-state index in [2.05, 4.69) is 5.32 Å². The van der Waals surface area contributed by atoms with E-state index in [1.807, 2.05) is 43.3 Å². The van der Waals surface area contributed by atoms with Crippen LogP contribution in [-0.4, -0.2) is 20.1 Å². The molecule has 0 spiro atoms. The van der Waals surface area contributed by atoms with E-state index in [4.69, 9.17) is 0 Å². The molecule has 2 aromatic rings. The highest BCUT2D eigenvalue weighted by atomic mass is 32.2. The number of hydrogen-bond acceptors (Lipinski definition) is 3. The molecule has 0 radical (unpaired) electrons. The SMILES string of the molecule is C[C@@H](NC(=O)CS(=O)(=O)Cc1ccccc1)c1ccccc1. The van der Waals surface area contributed by atoms with Crippen molar-refractivity contribution in [2.45, 2.75) is 18.7 Å². The van der Waals surface area contributed by atoms with Crippen LogP contribution in [0.4, 0.5) is 0 Å². The van der Waals surface area contributed by atoms with Gasteiger partial charge in [0.05, 0.1) is 11.8 Å². The molecule has 0 aliphatic heterocycles. The summed E-state index contributed by atoms with van der Waals surface area (Å²) in [6.45, 7) is 1.83. The molecule has 0 fully saturated rings. The van der Waals surface area contributed by atoms with Crippen LogP contribution < -0.4 is 5.32 Å². The number of amides is 1. The number of nitrogens with one attached hydrogen (secondary N) is 1. The first-order valence-electron chi connectivity index (χ1n) is 7.05. The summed E-state index contributed by atoms with van der Waals surface area (Å²) in [4.78, 5) is 11.9. The van der Waals surface area contributed by atoms with Crippen LogP contribution in [0.5, 0.6) is 0 Å². The van der Waals surface area contributed by atoms with Crippen LogP contribution >= 0.6 is 0 Å². The van der Waals surface area contributed by atoms with Crippen molar-refractivity contribution in [1.29, 1.82) is 0 Å². The quantitative estimate of drug-likeness (QED) is 0.890. The van der Waals surface area contributed by atoms with Crippen molar-refractivity contribution < 1.29 is 13.2 Å². The Balaban J connectivity index is 1.93. The van der Waals surface area contributed by atoms with Crippen molar-refractivity contribution >= 4 is 15.7 Å². The van der Waals surface area contributed by atoms with Crippen molar-refractivity contribution in [3.05, 3.63) is 71.8 Å². The van der Waals surface area contributed by atoms with Gasteiger partial charge in [-0.2, -0.15) is 0 Å². The summed E-state index contributed by atoms with van der Waals surface area (Å²) in [7, 11) is -3.47. The van der Waals surface area contributed by atoms with E-state index in [-0.39, 0.29) is 11.8 Å². The third-order valence-electron chi connectivity index (χ3n) is 3.26. The zero-order valence-corrected chi connectivity index (χ0v) is 13.2. The van der Waals surface area contributed by atoms with Crippen LogP contribution in [0.3, 0.4) is 0 Å². The molecule has 116 valence electrons. The molecule has 0 saturated heterocycles. The summed E-state index contributed by atoms with van der Waals surface area (Å²) < 4.78 is 24.1. The van der Waals surface area contributed by atoms with E-state index < -0.39 is 21.5 Å². The molecule has 0 bridgehead atoms. The van der Waals surface area contributed by atoms with Crippen LogP contribution in [0.15, 0.2) is 60.7 Å². The predicted octanol–water partition coefficient (Wildman–Crippen LogP) is 2.48. The van der Waals surface area contributed by atoms with E-state index in [1.54, 1.807) is 24.3 Å². The first kappa shape index (κ1) is 16.2. The molecule has 1 N–H and O–H groups in total. The maximum atomic E-state index is 12.1. The predicted molar refractivity (Wildman–Crippen MR) is 86.9 cm³/mol. The summed E-state index contributed by atoms with van der Waals surface area (Å²) >= 11 is 0. The molecule has 0 heterocycles. The molecule has 2 rings (SSSR count). The van der Waals surface area contributed by atoms with Gasteiger partial charge in [-0.25, -0.2) is 8.42 Å². The highest BCUT2D eigenvalue weighted by Crippen LogP contribution is 2.11. The minimum absolute atomic E-state index is 0.124. The third kappa shape index (κ3) is 5.00. The van der Waals surface area contributed by atoms with Crippen LogP contribution in [0.25, 0.3) is 0 Å². The lowest BCUT2D eigenvalue weighted by atomic mass is 10.1. The van der Waals surface area contributed by atoms with E-state index in [1.165, 1.54) is 0 Å². The van der Waals surface area contributed by atoms with Crippen molar-refractivity contribution in [3.63, 3.8) is 0 Å². The van der Waals surface area contributed by atoms with Crippen molar-refractivity contribution in [3.8, 4) is 0 Å². The molecule has 2 aromatic carbocycles. The summed E-state index contributed by atoms with van der Waals surface area (Å²) in [5.41, 5.74) is 1.63. The summed E-state index contributed by atoms with van der Waals surface area (Å²) in [6, 6.07) is 18.1. The van der Waals surface area contributed by atoms with Gasteiger partial charge in [-0.3, -0.25) is 4.79 Å². The average Bonchev–Trinajstić information content (AvgIpc) is 2.47. The monoisotopic (exact) mass is 317 g/mol. The summed E-state index contributed by atoms with van der Waals surface area (Å²) in [5.74, 6) is -1.10. The lowest BCUT2D eigenvalue weighted by Crippen LogP contribution is -2.32. The Labute approximate surface area is 131 Å². The highest BCUT2D eigenvalue weighted by molar-refractivity contribution is 7.91. The van der Waals surface area contributed by atoms with Crippen LogP contribution in [0.1, 0.15) is 24.1 Å². The van der Waals surface area contributed by atoms with Gasteiger partial charge in [0.25, 0.3) is 0 Å². The van der Waals surface area contributed by atoms with Crippen molar-refractivity contribution in [1.82, 2.24) is 5.32 Å². The molecule has 0 aliphatic carbocycles. The second-order valence-corrected chi connectivity index (χ2v) is 7.28. The number of rotatable bonds is 6. The summed E-state index contributed by atoms with van der Waals surface area (Å²) in [6.07, 6.45) is 0. The van der Waals surface area contributed by atoms with E-state index >= 15 is 0 Å². The zero-order valence-electron chi connectivity index (χ0n) is 12.4. The Morgan fingerprint density at radius 3 is 2.14 bits per heavy atom. The minimum atomic E-state index is -3.47. The van der Waals surface area contributed by atoms with Gasteiger partial charge >= 0.3 is 0 Å². The second kappa shape index (κ2) is 7.22. The third-order valence-corrected chi connectivity index (χ3v) is 4.73. The number of carbonyl (C=O) groups is 1. The smallest absolute Gasteiger partial charge is 0.235 e. The highest BCUT2D eigenvalue weighted by Gasteiger charge is 2.19. The van der Waals surface area contributed by atoms with Crippen LogP contribution in [0, 0.1) is 0 Å². The molecule has 0 aromatic heterocycles. The van der Waals surface area contributed by atoms with E-state index in [0.717, 1.165) is 5.56 Å². The fourth-order valence-electron chi connectivity index (χ4n) is 2.19. The van der Waals surface area contributed by atoms with Crippen LogP contribution in [-0.2, 0) is 20.4 Å². The lowest BCUT2D eigenvalue weighted by molar-refractivity contribution is -0.119. The normalized spacial score (nSPS) is 12.6. The topological polar surface area (TPSA) is 63.2 Å². The number of sulfone groups is 1. The van der Waals surface area contributed by atoms with E-state index in [9.17, 15) is 13.2 Å². The second-order valence-electron chi connectivity index (χ2n) is 5.22. The zero-order chi connectivity index (χ0) is 16.0. The van der Waals surface area contributed by atoms with Gasteiger partial charge in [-0.1, -0.05) is 60.7 Å². The Bertz CT molecular complexity index is 712. The Hall–Kier alpha value is -2.14. The largest absolute Gasteiger partial charge is 0.349 e. The first-order valence-corrected chi connectivity index (χ1v) is 8.87. The van der Waals surface area contributed by atoms with Gasteiger partial charge in [0.15, 0.2) is 9.84 Å². The first-order chi connectivity index (χ1) is 10.5. The standard InChI is InChI=1S/C17H19NO3S/c1-14(16-10-6-3-7-11-16)18-17(19)13-22(20,21)12-15-8-4-2-5-9-15/h2-11,14H,12-13H2,1H3,(H,18,19)/t14-/m1/s1. The number of benzene rings is 2. The molecule has 0 aliphatic rings. The molecular weight excluding hydrogens is 298 g/mol. The molecule has 4 nitrogen and oxygen atoms in total. The fourth-order valence-corrected chi connectivity index (χ4v) is 3.47. The molecule has 1 atom stereocenters. The summed E-state index contributed by atoms with van der Waals surface area (Å²) in [5, 5.41) is 2.72. The Morgan fingerprint density at radius 2 is 1.55 bits per heavy atom. The molecule has 0 unspecified atom stereocenters. The van der Waals surface area contributed by atoms with Gasteiger partial charge in [0.1, 0.15) is 5.75 Å². The van der Waals surface area contributed by atoms with Gasteiger partial charge in [0.2, 0.25) is 5.91 Å². The maximum absolute atomic E-state index is 12.1. The van der Waals surface area contributed by atoms with Gasteiger partial charge < -0.3 is 5.32 Å². The minimum Gasteiger partial charge on any atom is -0.349 e. The number of carbonyl (C=O) groups excluding carboxylic acids is 1. The molecule has 0 saturated carbocycles. The molecule has 5 heteroatoms. The molecule has 1 amide bonds. The van der Waals surface area contributed by atoms with Crippen LogP contribution in [0.2, 0.25) is 0 Å². The van der Waals surface area contributed by atoms with Gasteiger partial charge in [0, 0.05) is 0 Å². The van der Waals surface area contributed by atoms with Gasteiger partial charge in [-0.15, -0.1) is 0 Å². The Morgan fingerprint density at radius 1 is 1.00 bits per heavy atom. The lowest BCUT2D eigenvalue weighted by Gasteiger charge is -2.14. The van der Waals surface area contributed by atoms with Crippen molar-refractivity contribution in [2.24, 2.45) is 0 Å².